The predicted molar refractivity (Wildman–Crippen MR) is 160 cm³/mol. The van der Waals surface area contributed by atoms with Gasteiger partial charge in [-0.3, -0.25) is 0 Å². The Morgan fingerprint density at radius 1 is 0.650 bits per heavy atom. The molecule has 2 aliphatic rings. The van der Waals surface area contributed by atoms with Crippen molar-refractivity contribution in [1.82, 2.24) is 0 Å². The Morgan fingerprint density at radius 3 is 1.60 bits per heavy atom. The van der Waals surface area contributed by atoms with E-state index in [9.17, 15) is 0 Å². The summed E-state index contributed by atoms with van der Waals surface area (Å²) in [6, 6.07) is 37.3. The largest absolute Gasteiger partial charge is 1.00 e. The second kappa shape index (κ2) is 13.6. The van der Waals surface area contributed by atoms with Crippen molar-refractivity contribution < 1.29 is 46.1 Å². The summed E-state index contributed by atoms with van der Waals surface area (Å²) in [5, 5.41) is 0. The van der Waals surface area contributed by atoms with E-state index in [2.05, 4.69) is 130 Å². The quantitative estimate of drug-likeness (QED) is 0.290. The van der Waals surface area contributed by atoms with E-state index in [-0.39, 0.29) is 24.8 Å². The Kier molecular flexibility index (Phi) is 10.4. The first kappa shape index (κ1) is 30.6. The molecule has 0 saturated heterocycles. The fourth-order valence-electron chi connectivity index (χ4n) is 6.43. The maximum Gasteiger partial charge on any atom is -1.00 e. The van der Waals surface area contributed by atoms with Crippen LogP contribution in [-0.2, 0) is 34.1 Å². The molecule has 0 amide bonds. The van der Waals surface area contributed by atoms with Crippen LogP contribution in [0.15, 0.2) is 118 Å². The van der Waals surface area contributed by atoms with Crippen LogP contribution in [0.25, 0.3) is 11.1 Å². The fraction of sp³-hybridized carbons (Fsp3) is 0.216. The summed E-state index contributed by atoms with van der Waals surface area (Å²) in [6.45, 7) is 6.92. The number of allylic oxidation sites excluding steroid dienone is 4. The van der Waals surface area contributed by atoms with Gasteiger partial charge in [-0.05, 0) is 0 Å². The molecule has 6 rings (SSSR count). The van der Waals surface area contributed by atoms with Crippen LogP contribution < -0.4 is 24.8 Å². The summed E-state index contributed by atoms with van der Waals surface area (Å²) in [6.07, 6.45) is 9.25. The number of aryl methyl sites for hydroxylation is 2. The molecule has 2 aliphatic carbocycles. The summed E-state index contributed by atoms with van der Waals surface area (Å²) in [5.41, 5.74) is 13.4. The molecule has 0 atom stereocenters. The Balaban J connectivity index is 0.00000185. The van der Waals surface area contributed by atoms with E-state index in [4.69, 9.17) is 0 Å². The van der Waals surface area contributed by atoms with Crippen LogP contribution in [0.1, 0.15) is 70.6 Å². The van der Waals surface area contributed by atoms with Crippen LogP contribution in [0.4, 0.5) is 0 Å². The van der Waals surface area contributed by atoms with Crippen molar-refractivity contribution in [2.75, 3.05) is 0 Å². The van der Waals surface area contributed by atoms with E-state index < -0.39 is 21.3 Å². The molecule has 202 valence electrons. The van der Waals surface area contributed by atoms with E-state index in [1.54, 1.807) is 23.2 Å². The zero-order chi connectivity index (χ0) is 26.1. The van der Waals surface area contributed by atoms with Crippen LogP contribution in [0, 0.1) is 0 Å². The first-order valence-corrected chi connectivity index (χ1v) is 18.1. The van der Waals surface area contributed by atoms with Crippen molar-refractivity contribution in [3.05, 3.63) is 151 Å². The Labute approximate surface area is 260 Å². The van der Waals surface area contributed by atoms with E-state index in [1.165, 1.54) is 33.4 Å². The fourth-order valence-corrected chi connectivity index (χ4v) is 16.1. The normalized spacial score (nSPS) is 13.2. The summed E-state index contributed by atoms with van der Waals surface area (Å²) in [7, 11) is 0. The van der Waals surface area contributed by atoms with E-state index >= 15 is 0 Å². The molecule has 4 aromatic rings. The molecule has 40 heavy (non-hydrogen) atoms. The zero-order valence-corrected chi connectivity index (χ0v) is 27.5. The number of halogens is 2. The first-order valence-electron chi connectivity index (χ1n) is 14.2. The van der Waals surface area contributed by atoms with Crippen molar-refractivity contribution in [2.45, 2.75) is 50.1 Å². The summed E-state index contributed by atoms with van der Waals surface area (Å²) >= 11 is -2.63. The summed E-state index contributed by atoms with van der Waals surface area (Å²) in [4.78, 5) is 0. The zero-order valence-electron chi connectivity index (χ0n) is 23.6. The average molecular weight is 643 g/mol. The van der Waals surface area contributed by atoms with E-state index in [1.807, 2.05) is 0 Å². The number of hydrogen-bond donors (Lipinski definition) is 0. The topological polar surface area (TPSA) is 0 Å². The molecule has 3 heteroatoms. The van der Waals surface area contributed by atoms with E-state index in [0.717, 1.165) is 25.7 Å². The van der Waals surface area contributed by atoms with E-state index in [0.29, 0.717) is 3.63 Å². The van der Waals surface area contributed by atoms with Gasteiger partial charge in [0, 0.05) is 0 Å². The minimum absolute atomic E-state index is 0. The second-order valence-electron chi connectivity index (χ2n) is 10.5. The summed E-state index contributed by atoms with van der Waals surface area (Å²) < 4.78 is 3.91. The molecule has 4 aromatic carbocycles. The number of hydrogen-bond acceptors (Lipinski definition) is 0. The smallest absolute Gasteiger partial charge is 1.00 e. The molecule has 0 spiro atoms. The van der Waals surface area contributed by atoms with Gasteiger partial charge in [0.15, 0.2) is 0 Å². The third kappa shape index (κ3) is 5.59. The van der Waals surface area contributed by atoms with Gasteiger partial charge >= 0.3 is 237 Å². The first-order chi connectivity index (χ1) is 18.7. The third-order valence-electron chi connectivity index (χ3n) is 8.38. The molecule has 0 nitrogen and oxygen atoms in total. The van der Waals surface area contributed by atoms with Gasteiger partial charge in [0.1, 0.15) is 0 Å². The molecule has 0 aromatic heterocycles. The average Bonchev–Trinajstić information content (AvgIpc) is 3.58. The monoisotopic (exact) mass is 640 g/mol. The van der Waals surface area contributed by atoms with Crippen molar-refractivity contribution in [3.8, 4) is 11.1 Å². The molecule has 0 radical (unpaired) electrons. The molecule has 0 aliphatic heterocycles. The van der Waals surface area contributed by atoms with Crippen molar-refractivity contribution in [2.24, 2.45) is 0 Å². The number of fused-ring (bicyclic) bond motifs is 3. The molecule has 0 bridgehead atoms. The maximum atomic E-state index is 2.56. The molecule has 0 saturated carbocycles. The molecular formula is C37H36Cl2Zr. The predicted octanol–water partition coefficient (Wildman–Crippen LogP) is 3.40. The van der Waals surface area contributed by atoms with Gasteiger partial charge < -0.3 is 24.8 Å². The van der Waals surface area contributed by atoms with Gasteiger partial charge in [-0.15, -0.1) is 0 Å². The molecular weight excluding hydrogens is 607 g/mol. The Morgan fingerprint density at radius 2 is 1.15 bits per heavy atom. The van der Waals surface area contributed by atoms with Crippen molar-refractivity contribution >= 4 is 3.21 Å². The second-order valence-corrected chi connectivity index (χ2v) is 16.6. The maximum absolute atomic E-state index is 2.63. The third-order valence-corrected chi connectivity index (χ3v) is 17.0. The van der Waals surface area contributed by atoms with Crippen LogP contribution in [0.5, 0.6) is 0 Å². The van der Waals surface area contributed by atoms with Gasteiger partial charge in [0.05, 0.1) is 0 Å². The van der Waals surface area contributed by atoms with Gasteiger partial charge in [-0.25, -0.2) is 0 Å². The van der Waals surface area contributed by atoms with Crippen LogP contribution >= 0.6 is 0 Å². The van der Waals surface area contributed by atoms with Crippen molar-refractivity contribution in [3.63, 3.8) is 0 Å². The van der Waals surface area contributed by atoms with Gasteiger partial charge in [0.2, 0.25) is 0 Å². The van der Waals surface area contributed by atoms with Gasteiger partial charge in [-0.2, -0.15) is 0 Å². The number of benzene rings is 4. The SMILES string of the molecule is CCC1=[C]([Zr+2](=[C](c2ccccc2)c2ccccc2)[CH]2c3cc(CC)ccc3-c3ccc(CC)cc32)CC=C1.[Cl-].[Cl-]. The molecule has 0 heterocycles. The summed E-state index contributed by atoms with van der Waals surface area (Å²) in [5.74, 6) is 0. The number of rotatable bonds is 7. The van der Waals surface area contributed by atoms with Crippen LogP contribution in [-0.4, -0.2) is 3.21 Å². The van der Waals surface area contributed by atoms with Gasteiger partial charge in [-0.1, -0.05) is 0 Å². The van der Waals surface area contributed by atoms with Crippen LogP contribution in [0.3, 0.4) is 0 Å². The minimum Gasteiger partial charge on any atom is -1.00 e. The Hall–Kier alpha value is -2.31. The van der Waals surface area contributed by atoms with Crippen molar-refractivity contribution in [1.29, 1.82) is 0 Å². The standard InChI is InChI=1S/C17H17.C13H10.C7H9.2ClH.Zr/c1-3-12-5-7-16-14(9-12)11-15-10-13(4-2)6-8-17(15)16;1-3-7-12(8-4-1)11-13-9-5-2-6-10-13;1-2-7-5-3-4-6-7;;;/h5-11H,3-4H2,1-2H3;1-10H;3,5H,2,4H2,1H3;2*1H;/q;;;;;+2/p-2. The van der Waals surface area contributed by atoms with Crippen LogP contribution in [0.2, 0.25) is 0 Å². The van der Waals surface area contributed by atoms with Gasteiger partial charge in [0.25, 0.3) is 0 Å². The molecule has 0 unspecified atom stereocenters. The Bertz CT molecular complexity index is 1480. The molecule has 0 fully saturated rings. The minimum atomic E-state index is -2.63. The molecule has 0 N–H and O–H groups in total.